The maximum Gasteiger partial charge on any atom is 0.332 e. The molecule has 0 aliphatic carbocycles. The zero-order chi connectivity index (χ0) is 37.1. The molecule has 0 aliphatic heterocycles. The Morgan fingerprint density at radius 3 is 1.02 bits per heavy atom. The highest BCUT2D eigenvalue weighted by Gasteiger charge is 2.16. The summed E-state index contributed by atoms with van der Waals surface area (Å²) in [5.41, 5.74) is -0.519. The lowest BCUT2D eigenvalue weighted by molar-refractivity contribution is -0.160. The van der Waals surface area contributed by atoms with Crippen LogP contribution in [0.4, 0.5) is 0 Å². The first-order chi connectivity index (χ1) is 24.7. The summed E-state index contributed by atoms with van der Waals surface area (Å²) in [6.07, 6.45) is 0. The molecule has 298 valence electrons. The third-order valence-corrected chi connectivity index (χ3v) is 7.18. The van der Waals surface area contributed by atoms with E-state index >= 15 is 0 Å². The number of carbonyl (C=O) groups excluding carboxylic acids is 1. The van der Waals surface area contributed by atoms with Crippen LogP contribution in [0.5, 0.6) is 0 Å². The first-order valence-corrected chi connectivity index (χ1v) is 18.6. The standard InChI is InChI=1S/C34H60O16S/c1-34(2,3)50-33(35)31-48-28-27-46-24-23-44-20-19-42-16-15-40-12-11-38-9-10-39-13-14-41-17-18-43-21-22-45-25-26-47-29-30-49-51(36,37)32-7-5-4-6-8-32/h4-8H,9-31H2,1-3H3. The van der Waals surface area contributed by atoms with Crippen LogP contribution in [0.3, 0.4) is 0 Å². The summed E-state index contributed by atoms with van der Waals surface area (Å²) in [5.74, 6) is -0.394. The largest absolute Gasteiger partial charge is 0.458 e. The molecule has 0 bridgehead atoms. The number of rotatable bonds is 37. The molecule has 0 N–H and O–H groups in total. The minimum atomic E-state index is -3.76. The normalized spacial score (nSPS) is 12.1. The van der Waals surface area contributed by atoms with Crippen LogP contribution in [0.1, 0.15) is 20.8 Å². The third-order valence-electron chi connectivity index (χ3n) is 5.86. The Morgan fingerprint density at radius 2 is 0.725 bits per heavy atom. The Bertz CT molecular complexity index is 1020. The van der Waals surface area contributed by atoms with Gasteiger partial charge in [-0.3, -0.25) is 4.18 Å². The van der Waals surface area contributed by atoms with Crippen LogP contribution in [0.25, 0.3) is 0 Å². The van der Waals surface area contributed by atoms with E-state index in [1.54, 1.807) is 18.2 Å². The molecular weight excluding hydrogens is 696 g/mol. The Balaban J connectivity index is 1.67. The maximum absolute atomic E-state index is 12.0. The van der Waals surface area contributed by atoms with Crippen LogP contribution in [-0.4, -0.2) is 172 Å². The highest BCUT2D eigenvalue weighted by molar-refractivity contribution is 7.86. The molecule has 0 heterocycles. The van der Waals surface area contributed by atoms with E-state index in [2.05, 4.69) is 0 Å². The van der Waals surface area contributed by atoms with Crippen molar-refractivity contribution in [3.05, 3.63) is 30.3 Å². The maximum atomic E-state index is 12.0. The van der Waals surface area contributed by atoms with Crippen LogP contribution >= 0.6 is 0 Å². The van der Waals surface area contributed by atoms with Crippen molar-refractivity contribution in [3.63, 3.8) is 0 Å². The van der Waals surface area contributed by atoms with Gasteiger partial charge in [0.2, 0.25) is 0 Å². The summed E-state index contributed by atoms with van der Waals surface area (Å²) < 4.78 is 93.5. The number of hydrogen-bond donors (Lipinski definition) is 0. The van der Waals surface area contributed by atoms with Gasteiger partial charge in [0.1, 0.15) is 12.2 Å². The third kappa shape index (κ3) is 32.5. The van der Waals surface area contributed by atoms with Crippen molar-refractivity contribution in [2.75, 3.05) is 152 Å². The van der Waals surface area contributed by atoms with Crippen molar-refractivity contribution in [2.45, 2.75) is 31.3 Å². The number of esters is 1. The summed E-state index contributed by atoms with van der Waals surface area (Å²) >= 11 is 0. The Morgan fingerprint density at radius 1 is 0.451 bits per heavy atom. The predicted octanol–water partition coefficient (Wildman–Crippen LogP) is 1.92. The molecule has 0 aromatic heterocycles. The molecule has 0 aliphatic rings. The van der Waals surface area contributed by atoms with Crippen molar-refractivity contribution in [3.8, 4) is 0 Å². The lowest BCUT2D eigenvalue weighted by Crippen LogP contribution is -2.27. The minimum absolute atomic E-state index is 0.0641. The molecule has 17 heteroatoms. The van der Waals surface area contributed by atoms with Gasteiger partial charge in [0.25, 0.3) is 10.1 Å². The molecular formula is C34H60O16S. The topological polar surface area (TPSA) is 171 Å². The fraction of sp³-hybridized carbons (Fsp3) is 0.794. The Hall–Kier alpha value is -1.84. The molecule has 0 radical (unpaired) electrons. The molecule has 0 saturated carbocycles. The second kappa shape index (κ2) is 32.8. The fourth-order valence-electron chi connectivity index (χ4n) is 3.58. The van der Waals surface area contributed by atoms with Crippen molar-refractivity contribution in [1.29, 1.82) is 0 Å². The van der Waals surface area contributed by atoms with E-state index in [0.29, 0.717) is 132 Å². The van der Waals surface area contributed by atoms with Crippen molar-refractivity contribution >= 4 is 16.1 Å². The van der Waals surface area contributed by atoms with Gasteiger partial charge in [-0.25, -0.2) is 4.79 Å². The first kappa shape index (κ1) is 47.2. The van der Waals surface area contributed by atoms with E-state index in [4.69, 9.17) is 61.0 Å². The first-order valence-electron chi connectivity index (χ1n) is 17.2. The van der Waals surface area contributed by atoms with Gasteiger partial charge in [-0.1, -0.05) is 18.2 Å². The van der Waals surface area contributed by atoms with E-state index in [0.717, 1.165) is 0 Å². The van der Waals surface area contributed by atoms with E-state index < -0.39 is 21.7 Å². The van der Waals surface area contributed by atoms with E-state index in [-0.39, 0.29) is 24.7 Å². The van der Waals surface area contributed by atoms with Crippen LogP contribution in [0.2, 0.25) is 0 Å². The van der Waals surface area contributed by atoms with E-state index in [9.17, 15) is 13.2 Å². The molecule has 0 saturated heterocycles. The van der Waals surface area contributed by atoms with Gasteiger partial charge in [-0.2, -0.15) is 8.42 Å². The van der Waals surface area contributed by atoms with Gasteiger partial charge in [0, 0.05) is 0 Å². The van der Waals surface area contributed by atoms with Crippen LogP contribution in [-0.2, 0) is 75.9 Å². The summed E-state index contributed by atoms with van der Waals surface area (Å²) in [5, 5.41) is 0. The highest BCUT2D eigenvalue weighted by atomic mass is 32.2. The van der Waals surface area contributed by atoms with Crippen LogP contribution in [0.15, 0.2) is 35.2 Å². The zero-order valence-electron chi connectivity index (χ0n) is 30.6. The van der Waals surface area contributed by atoms with Crippen LogP contribution < -0.4 is 0 Å². The minimum Gasteiger partial charge on any atom is -0.458 e. The summed E-state index contributed by atoms with van der Waals surface area (Å²) in [6.45, 7) is 14.1. The average molecular weight is 757 g/mol. The SMILES string of the molecule is CC(C)(C)OC(=O)COCCOCCOCCOCCOCCOCCOCCOCCOCCOCCOCCOS(=O)(=O)c1ccccc1. The number of ether oxygens (including phenoxy) is 12. The summed E-state index contributed by atoms with van der Waals surface area (Å²) in [7, 11) is -3.76. The van der Waals surface area contributed by atoms with Gasteiger partial charge in [0.15, 0.2) is 0 Å². The molecule has 0 amide bonds. The monoisotopic (exact) mass is 756 g/mol. The van der Waals surface area contributed by atoms with E-state index in [1.165, 1.54) is 12.1 Å². The Labute approximate surface area is 303 Å². The molecule has 16 nitrogen and oxygen atoms in total. The zero-order valence-corrected chi connectivity index (χ0v) is 31.4. The van der Waals surface area contributed by atoms with E-state index in [1.807, 2.05) is 20.8 Å². The van der Waals surface area contributed by atoms with Gasteiger partial charge >= 0.3 is 5.97 Å². The second-order valence-electron chi connectivity index (χ2n) is 11.4. The van der Waals surface area contributed by atoms with Gasteiger partial charge in [-0.05, 0) is 32.9 Å². The molecule has 0 unspecified atom stereocenters. The quantitative estimate of drug-likeness (QED) is 0.0547. The molecule has 0 spiro atoms. The molecule has 1 aromatic carbocycles. The van der Waals surface area contributed by atoms with Gasteiger partial charge in [-0.15, -0.1) is 0 Å². The van der Waals surface area contributed by atoms with Gasteiger partial charge in [0.05, 0.1) is 150 Å². The molecule has 1 aromatic rings. The lowest BCUT2D eigenvalue weighted by Gasteiger charge is -2.19. The smallest absolute Gasteiger partial charge is 0.332 e. The molecule has 51 heavy (non-hydrogen) atoms. The predicted molar refractivity (Wildman–Crippen MR) is 184 cm³/mol. The van der Waals surface area contributed by atoms with Crippen molar-refractivity contribution < 1.29 is 74.2 Å². The fourth-order valence-corrected chi connectivity index (χ4v) is 4.50. The second-order valence-corrected chi connectivity index (χ2v) is 13.0. The highest BCUT2D eigenvalue weighted by Crippen LogP contribution is 2.11. The van der Waals surface area contributed by atoms with Crippen LogP contribution in [0, 0.1) is 0 Å². The number of benzene rings is 1. The summed E-state index contributed by atoms with van der Waals surface area (Å²) in [6, 6.07) is 7.96. The molecule has 0 fully saturated rings. The van der Waals surface area contributed by atoms with Crippen molar-refractivity contribution in [2.24, 2.45) is 0 Å². The van der Waals surface area contributed by atoms with Gasteiger partial charge < -0.3 is 56.8 Å². The number of carbonyl (C=O) groups is 1. The Kier molecular flexibility index (Phi) is 30.3. The average Bonchev–Trinajstić information content (AvgIpc) is 3.09. The molecule has 1 rings (SSSR count). The molecule has 0 atom stereocenters. The lowest BCUT2D eigenvalue weighted by atomic mass is 10.2. The summed E-state index contributed by atoms with van der Waals surface area (Å²) in [4.78, 5) is 11.6. The van der Waals surface area contributed by atoms with Crippen molar-refractivity contribution in [1.82, 2.24) is 0 Å². The number of hydrogen-bond acceptors (Lipinski definition) is 16.